The topological polar surface area (TPSA) is 0 Å². The highest BCUT2D eigenvalue weighted by Gasteiger charge is 1.95. The Morgan fingerprint density at radius 1 is 0.611 bits per heavy atom. The van der Waals surface area contributed by atoms with Crippen LogP contribution in [0.5, 0.6) is 0 Å². The van der Waals surface area contributed by atoms with Crippen molar-refractivity contribution in [2.45, 2.75) is 83.1 Å². The fraction of sp³-hybridized carbons (Fsp3) is 0.667. The molecule has 18 heavy (non-hydrogen) atoms. The SMILES string of the molecule is C.CC.CC.CCC.Cc1cc(C)c(C)cc1C. The number of hydrogen-bond donors (Lipinski definition) is 0. The summed E-state index contributed by atoms with van der Waals surface area (Å²) in [5, 5.41) is 0. The highest BCUT2D eigenvalue weighted by molar-refractivity contribution is 5.35. The highest BCUT2D eigenvalue weighted by Crippen LogP contribution is 2.13. The van der Waals surface area contributed by atoms with Crippen molar-refractivity contribution >= 4 is 0 Å². The summed E-state index contributed by atoms with van der Waals surface area (Å²) in [4.78, 5) is 0. The van der Waals surface area contributed by atoms with E-state index in [1.807, 2.05) is 27.7 Å². The molecule has 0 unspecified atom stereocenters. The van der Waals surface area contributed by atoms with Gasteiger partial charge in [0.25, 0.3) is 0 Å². The van der Waals surface area contributed by atoms with Crippen molar-refractivity contribution in [1.82, 2.24) is 0 Å². The summed E-state index contributed by atoms with van der Waals surface area (Å²) in [7, 11) is 0. The minimum Gasteiger partial charge on any atom is -0.0776 e. The van der Waals surface area contributed by atoms with E-state index in [1.54, 1.807) is 0 Å². The van der Waals surface area contributed by atoms with Crippen molar-refractivity contribution in [3.8, 4) is 0 Å². The molecule has 0 heteroatoms. The second-order valence-corrected chi connectivity index (χ2v) is 3.73. The zero-order valence-corrected chi connectivity index (χ0v) is 13.9. The van der Waals surface area contributed by atoms with E-state index in [1.165, 1.54) is 28.7 Å². The van der Waals surface area contributed by atoms with Gasteiger partial charge < -0.3 is 0 Å². The molecule has 1 aromatic carbocycles. The first-order valence-corrected chi connectivity index (χ1v) is 7.07. The van der Waals surface area contributed by atoms with Gasteiger partial charge in [0.2, 0.25) is 0 Å². The van der Waals surface area contributed by atoms with Crippen LogP contribution in [-0.2, 0) is 0 Å². The molecular weight excluding hydrogens is 216 g/mol. The van der Waals surface area contributed by atoms with E-state index in [9.17, 15) is 0 Å². The van der Waals surface area contributed by atoms with E-state index in [2.05, 4.69) is 53.7 Å². The van der Waals surface area contributed by atoms with E-state index in [-0.39, 0.29) is 7.43 Å². The van der Waals surface area contributed by atoms with Gasteiger partial charge in [-0.25, -0.2) is 0 Å². The largest absolute Gasteiger partial charge is 0.0776 e. The van der Waals surface area contributed by atoms with Crippen LogP contribution < -0.4 is 0 Å². The maximum absolute atomic E-state index is 2.24. The summed E-state index contributed by atoms with van der Waals surface area (Å²) in [6.07, 6.45) is 1.25. The molecule has 0 heterocycles. The van der Waals surface area contributed by atoms with Crippen LogP contribution >= 0.6 is 0 Å². The highest BCUT2D eigenvalue weighted by atomic mass is 14.0. The molecule has 0 atom stereocenters. The molecule has 0 aliphatic heterocycles. The maximum Gasteiger partial charge on any atom is -0.0395 e. The summed E-state index contributed by atoms with van der Waals surface area (Å²) in [5.74, 6) is 0. The molecule has 0 saturated carbocycles. The van der Waals surface area contributed by atoms with Gasteiger partial charge in [0.1, 0.15) is 0 Å². The monoisotopic (exact) mass is 254 g/mol. The third-order valence-corrected chi connectivity index (χ3v) is 2.11. The first kappa shape index (κ1) is 25.9. The van der Waals surface area contributed by atoms with Gasteiger partial charge in [-0.15, -0.1) is 0 Å². The van der Waals surface area contributed by atoms with E-state index in [0.29, 0.717) is 0 Å². The third kappa shape index (κ3) is 13.3. The van der Waals surface area contributed by atoms with Crippen molar-refractivity contribution in [2.75, 3.05) is 0 Å². The van der Waals surface area contributed by atoms with Crippen LogP contribution in [0.1, 0.15) is 77.6 Å². The van der Waals surface area contributed by atoms with Gasteiger partial charge in [-0.2, -0.15) is 0 Å². The average Bonchev–Trinajstić information content (AvgIpc) is 2.33. The smallest absolute Gasteiger partial charge is 0.0395 e. The lowest BCUT2D eigenvalue weighted by atomic mass is 10.0. The van der Waals surface area contributed by atoms with E-state index >= 15 is 0 Å². The second-order valence-electron chi connectivity index (χ2n) is 3.73. The third-order valence-electron chi connectivity index (χ3n) is 2.11. The predicted octanol–water partition coefficient (Wildman–Crippen LogP) is 7.03. The Labute approximate surface area is 118 Å². The quantitative estimate of drug-likeness (QED) is 0.466. The van der Waals surface area contributed by atoms with Crippen LogP contribution in [0.3, 0.4) is 0 Å². The molecule has 1 aromatic rings. The predicted molar refractivity (Wildman–Crippen MR) is 90.8 cm³/mol. The fourth-order valence-corrected chi connectivity index (χ4v) is 1.10. The van der Waals surface area contributed by atoms with E-state index < -0.39 is 0 Å². The van der Waals surface area contributed by atoms with Gasteiger partial charge in [-0.1, -0.05) is 67.5 Å². The maximum atomic E-state index is 2.24. The molecular formula is C18H38. The molecule has 0 aromatic heterocycles. The average molecular weight is 255 g/mol. The molecule has 0 spiro atoms. The van der Waals surface area contributed by atoms with E-state index in [4.69, 9.17) is 0 Å². The van der Waals surface area contributed by atoms with Crippen LogP contribution in [0.15, 0.2) is 12.1 Å². The zero-order valence-electron chi connectivity index (χ0n) is 13.9. The van der Waals surface area contributed by atoms with Gasteiger partial charge >= 0.3 is 0 Å². The summed E-state index contributed by atoms with van der Waals surface area (Å²) in [6, 6.07) is 4.48. The molecule has 0 nitrogen and oxygen atoms in total. The standard InChI is InChI=1S/C10H14.C3H8.2C2H6.CH4/c1-7-5-9(3)10(4)6-8(7)2;1-3-2;2*1-2;/h5-6H,1-4H3;3H2,1-2H3;2*1-2H3;1H4. The van der Waals surface area contributed by atoms with Crippen LogP contribution in [0.2, 0.25) is 0 Å². The van der Waals surface area contributed by atoms with Crippen molar-refractivity contribution in [1.29, 1.82) is 0 Å². The van der Waals surface area contributed by atoms with Gasteiger partial charge in [0.05, 0.1) is 0 Å². The lowest BCUT2D eigenvalue weighted by Crippen LogP contribution is -1.86. The lowest BCUT2D eigenvalue weighted by Gasteiger charge is -2.04. The van der Waals surface area contributed by atoms with Gasteiger partial charge in [0.15, 0.2) is 0 Å². The molecule has 0 fully saturated rings. The van der Waals surface area contributed by atoms with Crippen molar-refractivity contribution in [3.05, 3.63) is 34.4 Å². The molecule has 0 bridgehead atoms. The van der Waals surface area contributed by atoms with Crippen molar-refractivity contribution in [2.24, 2.45) is 0 Å². The Morgan fingerprint density at radius 3 is 0.833 bits per heavy atom. The van der Waals surface area contributed by atoms with Gasteiger partial charge in [0, 0.05) is 0 Å². The normalized spacial score (nSPS) is 7.22. The van der Waals surface area contributed by atoms with Crippen molar-refractivity contribution < 1.29 is 0 Å². The zero-order chi connectivity index (χ0) is 14.4. The first-order valence-electron chi connectivity index (χ1n) is 7.07. The number of aryl methyl sites for hydroxylation is 4. The molecule has 0 aliphatic rings. The first-order chi connectivity index (χ1) is 8.02. The number of benzene rings is 1. The Kier molecular flexibility index (Phi) is 26.8. The minimum atomic E-state index is 0. The van der Waals surface area contributed by atoms with Crippen molar-refractivity contribution in [3.63, 3.8) is 0 Å². The lowest BCUT2D eigenvalue weighted by molar-refractivity contribution is 1.09. The van der Waals surface area contributed by atoms with Gasteiger partial charge in [-0.05, 0) is 49.9 Å². The molecule has 0 N–H and O–H groups in total. The summed E-state index contributed by atoms with van der Waals surface area (Å²) < 4.78 is 0. The number of hydrogen-bond acceptors (Lipinski definition) is 0. The van der Waals surface area contributed by atoms with Crippen LogP contribution in [0.25, 0.3) is 0 Å². The molecule has 0 radical (unpaired) electrons. The minimum absolute atomic E-state index is 0. The Morgan fingerprint density at radius 2 is 0.722 bits per heavy atom. The Hall–Kier alpha value is -0.780. The molecule has 1 rings (SSSR count). The van der Waals surface area contributed by atoms with Crippen LogP contribution in [0.4, 0.5) is 0 Å². The van der Waals surface area contributed by atoms with Crippen LogP contribution in [0, 0.1) is 27.7 Å². The second kappa shape index (κ2) is 18.6. The Bertz CT molecular complexity index is 209. The molecule has 0 amide bonds. The summed E-state index contributed by atoms with van der Waals surface area (Å²) >= 11 is 0. The van der Waals surface area contributed by atoms with Crippen LogP contribution in [-0.4, -0.2) is 0 Å². The summed E-state index contributed by atoms with van der Waals surface area (Å²) in [6.45, 7) is 20.9. The van der Waals surface area contributed by atoms with Gasteiger partial charge in [-0.3, -0.25) is 0 Å². The molecule has 0 aliphatic carbocycles. The molecule has 110 valence electrons. The fourth-order valence-electron chi connectivity index (χ4n) is 1.10. The Balaban J connectivity index is -0.000000106. The summed E-state index contributed by atoms with van der Waals surface area (Å²) in [5.41, 5.74) is 5.57. The van der Waals surface area contributed by atoms with E-state index in [0.717, 1.165) is 0 Å². The molecule has 0 saturated heterocycles. The number of rotatable bonds is 0.